The number of likely N-dealkylation sites (tertiary alicyclic amines) is 1. The average Bonchev–Trinajstić information content (AvgIpc) is 3.03. The molecule has 3 rings (SSSR count). The van der Waals surface area contributed by atoms with Crippen molar-refractivity contribution in [2.45, 2.75) is 31.9 Å². The second-order valence-electron chi connectivity index (χ2n) is 6.32. The van der Waals surface area contributed by atoms with Gasteiger partial charge in [0.05, 0.1) is 12.5 Å². The molecule has 4 N–H and O–H groups in total. The van der Waals surface area contributed by atoms with Gasteiger partial charge in [0, 0.05) is 25.6 Å². The highest BCUT2D eigenvalue weighted by Gasteiger charge is 2.41. The van der Waals surface area contributed by atoms with E-state index in [9.17, 15) is 9.90 Å². The fourth-order valence-electron chi connectivity index (χ4n) is 3.72. The van der Waals surface area contributed by atoms with Crippen LogP contribution in [0.1, 0.15) is 24.0 Å². The van der Waals surface area contributed by atoms with E-state index in [4.69, 9.17) is 5.84 Å². The summed E-state index contributed by atoms with van der Waals surface area (Å²) in [7, 11) is 0. The molecule has 1 amide bonds. The summed E-state index contributed by atoms with van der Waals surface area (Å²) < 4.78 is 0. The van der Waals surface area contributed by atoms with Gasteiger partial charge in [0.1, 0.15) is 0 Å². The van der Waals surface area contributed by atoms with Crippen LogP contribution in [0.15, 0.2) is 24.3 Å². The van der Waals surface area contributed by atoms with E-state index < -0.39 is 0 Å². The lowest BCUT2D eigenvalue weighted by atomic mass is 10.00. The Kier molecular flexibility index (Phi) is 4.24. The van der Waals surface area contributed by atoms with Crippen LogP contribution < -0.4 is 11.3 Å². The number of hydrogen-bond donors (Lipinski definition) is 3. The molecular formula is C16H23N3O2. The van der Waals surface area contributed by atoms with Crippen molar-refractivity contribution in [3.63, 3.8) is 0 Å². The summed E-state index contributed by atoms with van der Waals surface area (Å²) in [6, 6.07) is 8.11. The van der Waals surface area contributed by atoms with Crippen molar-refractivity contribution >= 4 is 5.91 Å². The predicted octanol–water partition coefficient (Wildman–Crippen LogP) is 0.422. The number of aliphatic hydroxyl groups excluding tert-OH is 1. The average molecular weight is 289 g/mol. The van der Waals surface area contributed by atoms with Crippen molar-refractivity contribution < 1.29 is 9.90 Å². The van der Waals surface area contributed by atoms with Gasteiger partial charge in [-0.15, -0.1) is 0 Å². The first-order valence-electron chi connectivity index (χ1n) is 7.63. The molecule has 3 unspecified atom stereocenters. The molecule has 0 aromatic heterocycles. The van der Waals surface area contributed by atoms with Gasteiger partial charge in [-0.1, -0.05) is 24.3 Å². The lowest BCUT2D eigenvalue weighted by molar-refractivity contribution is -0.120. The van der Waals surface area contributed by atoms with Crippen LogP contribution in [0.3, 0.4) is 0 Å². The second kappa shape index (κ2) is 6.13. The first-order chi connectivity index (χ1) is 10.2. The van der Waals surface area contributed by atoms with Crippen molar-refractivity contribution in [3.8, 4) is 0 Å². The zero-order valence-electron chi connectivity index (χ0n) is 12.2. The molecule has 1 heterocycles. The molecule has 2 aliphatic rings. The fraction of sp³-hybridized carbons (Fsp3) is 0.562. The van der Waals surface area contributed by atoms with E-state index in [1.54, 1.807) is 0 Å². The van der Waals surface area contributed by atoms with E-state index in [0.717, 1.165) is 38.0 Å². The number of nitrogens with one attached hydrogen (secondary N) is 1. The van der Waals surface area contributed by atoms with Crippen LogP contribution in [0.5, 0.6) is 0 Å². The Morgan fingerprint density at radius 1 is 1.24 bits per heavy atom. The summed E-state index contributed by atoms with van der Waals surface area (Å²) >= 11 is 0. The predicted molar refractivity (Wildman–Crippen MR) is 80.0 cm³/mol. The number of amides is 1. The minimum absolute atomic E-state index is 0.0999. The number of hydrazine groups is 1. The Morgan fingerprint density at radius 3 is 2.62 bits per heavy atom. The minimum Gasteiger partial charge on any atom is -0.393 e. The zero-order valence-corrected chi connectivity index (χ0v) is 12.2. The summed E-state index contributed by atoms with van der Waals surface area (Å²) in [5.74, 6) is 6.05. The van der Waals surface area contributed by atoms with Gasteiger partial charge < -0.3 is 5.11 Å². The Hall–Kier alpha value is -1.43. The maximum Gasteiger partial charge on any atom is 0.238 e. The molecule has 114 valence electrons. The fourth-order valence-corrected chi connectivity index (χ4v) is 3.72. The number of carbonyl (C=O) groups is 1. The van der Waals surface area contributed by atoms with Gasteiger partial charge in [0.2, 0.25) is 5.91 Å². The molecule has 21 heavy (non-hydrogen) atoms. The van der Waals surface area contributed by atoms with Crippen LogP contribution in [-0.2, 0) is 17.8 Å². The quantitative estimate of drug-likeness (QED) is 0.426. The first-order valence-corrected chi connectivity index (χ1v) is 7.63. The van der Waals surface area contributed by atoms with Gasteiger partial charge in [-0.05, 0) is 29.9 Å². The number of fused-ring (bicyclic) bond motifs is 1. The van der Waals surface area contributed by atoms with Gasteiger partial charge in [-0.2, -0.15) is 0 Å². The summed E-state index contributed by atoms with van der Waals surface area (Å²) in [6.07, 6.45) is 2.35. The van der Waals surface area contributed by atoms with Crippen molar-refractivity contribution in [1.82, 2.24) is 10.3 Å². The molecular weight excluding hydrogens is 266 g/mol. The third-order valence-electron chi connectivity index (χ3n) is 4.85. The van der Waals surface area contributed by atoms with E-state index in [1.165, 1.54) is 5.56 Å². The third-order valence-corrected chi connectivity index (χ3v) is 4.85. The highest BCUT2D eigenvalue weighted by Crippen LogP contribution is 2.38. The molecule has 1 aromatic rings. The van der Waals surface area contributed by atoms with Crippen LogP contribution in [0.25, 0.3) is 0 Å². The molecule has 0 radical (unpaired) electrons. The molecule has 1 aliphatic heterocycles. The maximum absolute atomic E-state index is 11.2. The van der Waals surface area contributed by atoms with E-state index >= 15 is 0 Å². The number of carbonyl (C=O) groups excluding carboxylic acids is 1. The molecule has 1 saturated heterocycles. The van der Waals surface area contributed by atoms with Crippen LogP contribution in [0.2, 0.25) is 0 Å². The number of aliphatic hydroxyl groups is 1. The summed E-state index contributed by atoms with van der Waals surface area (Å²) in [6.45, 7) is 3.02. The normalized spacial score (nSPS) is 28.6. The van der Waals surface area contributed by atoms with E-state index in [1.807, 2.05) is 12.1 Å². The molecule has 1 aromatic carbocycles. The molecule has 2 fully saturated rings. The number of nitrogens with zero attached hydrogens (tertiary/aromatic N) is 1. The largest absolute Gasteiger partial charge is 0.393 e. The lowest BCUT2D eigenvalue weighted by Gasteiger charge is -2.18. The van der Waals surface area contributed by atoms with Gasteiger partial charge in [0.15, 0.2) is 0 Å². The van der Waals surface area contributed by atoms with Gasteiger partial charge >= 0.3 is 0 Å². The van der Waals surface area contributed by atoms with Gasteiger partial charge in [-0.3, -0.25) is 15.1 Å². The molecule has 5 heteroatoms. The van der Waals surface area contributed by atoms with Crippen LogP contribution in [-0.4, -0.2) is 35.1 Å². The van der Waals surface area contributed by atoms with Crippen molar-refractivity contribution in [3.05, 3.63) is 35.4 Å². The van der Waals surface area contributed by atoms with E-state index in [0.29, 0.717) is 18.3 Å². The second-order valence-corrected chi connectivity index (χ2v) is 6.32. The van der Waals surface area contributed by atoms with Gasteiger partial charge in [0.25, 0.3) is 0 Å². The van der Waals surface area contributed by atoms with Crippen molar-refractivity contribution in [1.29, 1.82) is 0 Å². The summed E-state index contributed by atoms with van der Waals surface area (Å²) in [5.41, 5.74) is 4.36. The monoisotopic (exact) mass is 289 g/mol. The molecule has 3 atom stereocenters. The lowest BCUT2D eigenvalue weighted by Crippen LogP contribution is -2.31. The highest BCUT2D eigenvalue weighted by molar-refractivity contribution is 5.77. The number of benzene rings is 1. The number of nitrogens with two attached hydrogens (primary N) is 1. The smallest absolute Gasteiger partial charge is 0.238 e. The molecule has 1 saturated carbocycles. The number of rotatable bonds is 4. The minimum atomic E-state index is -0.177. The molecule has 0 spiro atoms. The summed E-state index contributed by atoms with van der Waals surface area (Å²) in [5, 5.41) is 9.95. The standard InChI is InChI=1S/C16H23N3O2/c17-18-16(21)7-11-1-3-12(4-2-11)8-19-9-13-5-6-15(20)14(13)10-19/h1-4,13-15,20H,5-10,17H2,(H,18,21). The zero-order chi connectivity index (χ0) is 14.8. The Morgan fingerprint density at radius 2 is 1.95 bits per heavy atom. The Labute approximate surface area is 125 Å². The summed E-state index contributed by atoms with van der Waals surface area (Å²) in [4.78, 5) is 13.6. The van der Waals surface area contributed by atoms with E-state index in [2.05, 4.69) is 22.5 Å². The Bertz CT molecular complexity index is 503. The van der Waals surface area contributed by atoms with Crippen LogP contribution in [0.4, 0.5) is 0 Å². The van der Waals surface area contributed by atoms with Crippen molar-refractivity contribution in [2.24, 2.45) is 17.7 Å². The van der Waals surface area contributed by atoms with Gasteiger partial charge in [-0.25, -0.2) is 5.84 Å². The Balaban J connectivity index is 1.55. The first kappa shape index (κ1) is 14.5. The molecule has 1 aliphatic carbocycles. The maximum atomic E-state index is 11.2. The highest BCUT2D eigenvalue weighted by atomic mass is 16.3. The SMILES string of the molecule is NNC(=O)Cc1ccc(CN2CC3CCC(O)C3C2)cc1. The van der Waals surface area contributed by atoms with Crippen LogP contribution in [0, 0.1) is 11.8 Å². The van der Waals surface area contributed by atoms with E-state index in [-0.39, 0.29) is 12.0 Å². The third kappa shape index (κ3) is 3.26. The van der Waals surface area contributed by atoms with Crippen molar-refractivity contribution in [2.75, 3.05) is 13.1 Å². The number of hydrogen-bond acceptors (Lipinski definition) is 4. The molecule has 5 nitrogen and oxygen atoms in total. The molecule has 0 bridgehead atoms. The topological polar surface area (TPSA) is 78.6 Å². The van der Waals surface area contributed by atoms with Crippen LogP contribution >= 0.6 is 0 Å².